The van der Waals surface area contributed by atoms with E-state index in [4.69, 9.17) is 18.9 Å². The SMILES string of the molecule is COc1ccc(Br)cc1/C=C(\NC(=O)c1cc(OC)c(OC)c(OC)c1)C(=O)N1CC2CC(C1)c1cccc(=O)n1C2. The zero-order chi connectivity index (χ0) is 30.0. The lowest BCUT2D eigenvalue weighted by molar-refractivity contribution is -0.130. The number of aromatic nitrogens is 1. The number of hydrogen-bond acceptors (Lipinski definition) is 7. The molecule has 2 aliphatic heterocycles. The smallest absolute Gasteiger partial charge is 0.270 e. The molecule has 2 bridgehead atoms. The molecule has 0 radical (unpaired) electrons. The van der Waals surface area contributed by atoms with E-state index in [1.165, 1.54) is 33.5 Å². The van der Waals surface area contributed by atoms with Crippen LogP contribution in [0.3, 0.4) is 0 Å². The molecule has 1 fully saturated rings. The lowest BCUT2D eigenvalue weighted by atomic mass is 9.83. The van der Waals surface area contributed by atoms with E-state index in [1.54, 1.807) is 36.3 Å². The molecule has 3 heterocycles. The number of nitrogens with zero attached hydrogens (tertiary/aromatic N) is 2. The maximum atomic E-state index is 14.2. The summed E-state index contributed by atoms with van der Waals surface area (Å²) in [5.74, 6) is 0.776. The monoisotopic (exact) mass is 637 g/mol. The Morgan fingerprint density at radius 3 is 2.29 bits per heavy atom. The molecular formula is C31H32BrN3O7. The number of benzene rings is 2. The number of likely N-dealkylation sites (tertiary alicyclic amines) is 1. The summed E-state index contributed by atoms with van der Waals surface area (Å²) < 4.78 is 24.3. The van der Waals surface area contributed by atoms with Crippen molar-refractivity contribution < 1.29 is 28.5 Å². The third kappa shape index (κ3) is 5.74. The minimum absolute atomic E-state index is 0.0165. The van der Waals surface area contributed by atoms with Crippen molar-refractivity contribution in [1.29, 1.82) is 0 Å². The molecule has 10 nitrogen and oxygen atoms in total. The van der Waals surface area contributed by atoms with Crippen molar-refractivity contribution in [2.24, 2.45) is 5.92 Å². The molecule has 1 N–H and O–H groups in total. The van der Waals surface area contributed by atoms with Crippen LogP contribution in [0.5, 0.6) is 23.0 Å². The summed E-state index contributed by atoms with van der Waals surface area (Å²) in [4.78, 5) is 42.0. The van der Waals surface area contributed by atoms with E-state index in [-0.39, 0.29) is 34.6 Å². The summed E-state index contributed by atoms with van der Waals surface area (Å²) in [6, 6.07) is 13.8. The second kappa shape index (κ2) is 12.3. The zero-order valence-electron chi connectivity index (χ0n) is 23.8. The van der Waals surface area contributed by atoms with Gasteiger partial charge in [-0.1, -0.05) is 22.0 Å². The van der Waals surface area contributed by atoms with E-state index in [2.05, 4.69) is 21.2 Å². The van der Waals surface area contributed by atoms with Crippen molar-refractivity contribution in [3.05, 3.63) is 85.9 Å². The van der Waals surface area contributed by atoms with Crippen molar-refractivity contribution >= 4 is 33.8 Å². The molecule has 5 rings (SSSR count). The molecule has 2 unspecified atom stereocenters. The van der Waals surface area contributed by atoms with Gasteiger partial charge in [-0.25, -0.2) is 0 Å². The summed E-state index contributed by atoms with van der Waals surface area (Å²) >= 11 is 3.48. The summed E-state index contributed by atoms with van der Waals surface area (Å²) in [5, 5.41) is 2.84. The number of ether oxygens (including phenoxy) is 4. The average Bonchev–Trinajstić information content (AvgIpc) is 3.00. The number of pyridine rings is 1. The predicted octanol–water partition coefficient (Wildman–Crippen LogP) is 4.06. The van der Waals surface area contributed by atoms with Crippen LogP contribution >= 0.6 is 15.9 Å². The molecule has 0 aliphatic carbocycles. The number of piperidine rings is 1. The predicted molar refractivity (Wildman–Crippen MR) is 160 cm³/mol. The van der Waals surface area contributed by atoms with E-state index in [0.29, 0.717) is 48.2 Å². The fraction of sp³-hybridized carbons (Fsp3) is 0.323. The van der Waals surface area contributed by atoms with Crippen LogP contribution in [-0.4, -0.2) is 62.8 Å². The minimum Gasteiger partial charge on any atom is -0.496 e. The highest BCUT2D eigenvalue weighted by Gasteiger charge is 2.37. The lowest BCUT2D eigenvalue weighted by Crippen LogP contribution is -2.50. The van der Waals surface area contributed by atoms with E-state index < -0.39 is 5.91 Å². The lowest BCUT2D eigenvalue weighted by Gasteiger charge is -2.43. The van der Waals surface area contributed by atoms with Gasteiger partial charge in [-0.05, 0) is 54.8 Å². The number of hydrogen-bond donors (Lipinski definition) is 1. The third-order valence-electron chi connectivity index (χ3n) is 7.66. The van der Waals surface area contributed by atoms with Gasteiger partial charge in [0.2, 0.25) is 5.75 Å². The van der Waals surface area contributed by atoms with Crippen LogP contribution < -0.4 is 29.8 Å². The maximum absolute atomic E-state index is 14.2. The molecule has 0 saturated carbocycles. The van der Waals surface area contributed by atoms with E-state index in [1.807, 2.05) is 22.8 Å². The van der Waals surface area contributed by atoms with Gasteiger partial charge in [0.1, 0.15) is 11.4 Å². The van der Waals surface area contributed by atoms with Gasteiger partial charge in [-0.15, -0.1) is 0 Å². The van der Waals surface area contributed by atoms with E-state index >= 15 is 0 Å². The fourth-order valence-electron chi connectivity index (χ4n) is 5.76. The Morgan fingerprint density at radius 2 is 1.62 bits per heavy atom. The van der Waals surface area contributed by atoms with Gasteiger partial charge in [-0.3, -0.25) is 14.4 Å². The van der Waals surface area contributed by atoms with Crippen LogP contribution in [0.1, 0.15) is 34.0 Å². The van der Waals surface area contributed by atoms with Crippen LogP contribution in [0.2, 0.25) is 0 Å². The van der Waals surface area contributed by atoms with Crippen molar-refractivity contribution in [2.45, 2.75) is 18.9 Å². The molecule has 1 saturated heterocycles. The summed E-state index contributed by atoms with van der Waals surface area (Å²) in [6.45, 7) is 1.43. The van der Waals surface area contributed by atoms with Crippen LogP contribution in [0.25, 0.3) is 6.08 Å². The number of halogens is 1. The largest absolute Gasteiger partial charge is 0.496 e. The van der Waals surface area contributed by atoms with Gasteiger partial charge in [0, 0.05) is 52.9 Å². The van der Waals surface area contributed by atoms with E-state index in [0.717, 1.165) is 16.6 Å². The molecule has 220 valence electrons. The first-order valence-corrected chi connectivity index (χ1v) is 14.2. The maximum Gasteiger partial charge on any atom is 0.270 e. The van der Waals surface area contributed by atoms with Gasteiger partial charge in [0.25, 0.3) is 17.4 Å². The Morgan fingerprint density at radius 1 is 0.905 bits per heavy atom. The molecule has 0 spiro atoms. The summed E-state index contributed by atoms with van der Waals surface area (Å²) in [7, 11) is 5.95. The van der Waals surface area contributed by atoms with Crippen LogP contribution in [0.4, 0.5) is 0 Å². The summed E-state index contributed by atoms with van der Waals surface area (Å²) in [5.41, 5.74) is 1.80. The third-order valence-corrected chi connectivity index (χ3v) is 8.16. The molecule has 2 atom stereocenters. The number of fused-ring (bicyclic) bond motifs is 4. The molecule has 3 aromatic rings. The van der Waals surface area contributed by atoms with Gasteiger partial charge < -0.3 is 33.7 Å². The molecule has 2 aromatic carbocycles. The first-order valence-electron chi connectivity index (χ1n) is 13.4. The van der Waals surface area contributed by atoms with Crippen molar-refractivity contribution in [1.82, 2.24) is 14.8 Å². The first kappa shape index (κ1) is 29.2. The quantitative estimate of drug-likeness (QED) is 0.371. The number of methoxy groups -OCH3 is 4. The van der Waals surface area contributed by atoms with Gasteiger partial charge >= 0.3 is 0 Å². The molecule has 2 aliphatic rings. The number of carbonyl (C=O) groups excluding carboxylic acids is 2. The standard InChI is InChI=1S/C31H32BrN3O7/c1-39-25-9-8-22(32)11-19(25)12-23(33-30(37)20-13-26(40-2)29(42-4)27(14-20)41-3)31(38)34-15-18-10-21(17-34)24-6-5-7-28(36)35(24)16-18/h5-9,11-14,18,21H,10,15-17H2,1-4H3,(H,33,37)/b23-12-. The first-order chi connectivity index (χ1) is 20.3. The Kier molecular flexibility index (Phi) is 8.58. The number of rotatable bonds is 8. The number of carbonyl (C=O) groups is 2. The topological polar surface area (TPSA) is 108 Å². The second-order valence-corrected chi connectivity index (χ2v) is 11.1. The number of nitrogens with one attached hydrogen (secondary N) is 1. The Labute approximate surface area is 251 Å². The highest BCUT2D eigenvalue weighted by molar-refractivity contribution is 9.10. The zero-order valence-corrected chi connectivity index (χ0v) is 25.4. The second-order valence-electron chi connectivity index (χ2n) is 10.2. The molecular weight excluding hydrogens is 606 g/mol. The highest BCUT2D eigenvalue weighted by Crippen LogP contribution is 2.39. The Hall–Kier alpha value is -4.25. The van der Waals surface area contributed by atoms with Crippen molar-refractivity contribution in [3.8, 4) is 23.0 Å². The van der Waals surface area contributed by atoms with Crippen molar-refractivity contribution in [3.63, 3.8) is 0 Å². The number of amides is 2. The van der Waals surface area contributed by atoms with Crippen LogP contribution in [-0.2, 0) is 11.3 Å². The summed E-state index contributed by atoms with van der Waals surface area (Å²) in [6.07, 6.45) is 2.51. The normalized spacial score (nSPS) is 17.6. The molecule has 2 amide bonds. The fourth-order valence-corrected chi connectivity index (χ4v) is 6.14. The molecule has 1 aromatic heterocycles. The van der Waals surface area contributed by atoms with Crippen LogP contribution in [0.15, 0.2) is 63.5 Å². The average molecular weight is 639 g/mol. The van der Waals surface area contributed by atoms with Crippen LogP contribution in [0, 0.1) is 5.92 Å². The Bertz CT molecular complexity index is 1590. The highest BCUT2D eigenvalue weighted by atomic mass is 79.9. The molecule has 11 heteroatoms. The van der Waals surface area contributed by atoms with Crippen molar-refractivity contribution in [2.75, 3.05) is 41.5 Å². The van der Waals surface area contributed by atoms with Gasteiger partial charge in [0.15, 0.2) is 11.5 Å². The van der Waals surface area contributed by atoms with Gasteiger partial charge in [0.05, 0.1) is 28.4 Å². The van der Waals surface area contributed by atoms with E-state index in [9.17, 15) is 14.4 Å². The Balaban J connectivity index is 1.51. The molecule has 42 heavy (non-hydrogen) atoms. The van der Waals surface area contributed by atoms with Gasteiger partial charge in [-0.2, -0.15) is 0 Å². The minimum atomic E-state index is -0.531.